The Labute approximate surface area is 160 Å². The zero-order chi connectivity index (χ0) is 19.4. The van der Waals surface area contributed by atoms with Crippen molar-refractivity contribution in [1.82, 2.24) is 14.9 Å². The summed E-state index contributed by atoms with van der Waals surface area (Å²) < 4.78 is 27.6. The lowest BCUT2D eigenvalue weighted by molar-refractivity contribution is -0.126. The van der Waals surface area contributed by atoms with Crippen LogP contribution in [0, 0.1) is 0 Å². The Morgan fingerprint density at radius 1 is 1.07 bits per heavy atom. The maximum absolute atomic E-state index is 13.1. The molecule has 1 aromatic carbocycles. The van der Waals surface area contributed by atoms with Gasteiger partial charge in [-0.15, -0.1) is 0 Å². The Morgan fingerprint density at radius 3 is 2.37 bits per heavy atom. The number of rotatable bonds is 5. The van der Waals surface area contributed by atoms with Crippen LogP contribution in [0.4, 0.5) is 0 Å². The molecule has 27 heavy (non-hydrogen) atoms. The van der Waals surface area contributed by atoms with Gasteiger partial charge in [-0.2, -0.15) is 4.31 Å². The second-order valence-electron chi connectivity index (χ2n) is 7.24. The van der Waals surface area contributed by atoms with Gasteiger partial charge in [0.15, 0.2) is 5.78 Å². The summed E-state index contributed by atoms with van der Waals surface area (Å²) in [6, 6.07) is 5.35. The monoisotopic (exact) mass is 393 g/mol. The molecule has 1 atom stereocenters. The molecule has 0 spiro atoms. The minimum Gasteiger partial charge on any atom is -0.352 e. The second-order valence-corrected chi connectivity index (χ2v) is 9.13. The average molecular weight is 394 g/mol. The van der Waals surface area contributed by atoms with Gasteiger partial charge in [0, 0.05) is 18.2 Å². The first-order valence-corrected chi connectivity index (χ1v) is 11.0. The Kier molecular flexibility index (Phi) is 6.29. The van der Waals surface area contributed by atoms with Crippen LogP contribution < -0.4 is 10.6 Å². The molecule has 3 rings (SSSR count). The van der Waals surface area contributed by atoms with Crippen LogP contribution in [-0.2, 0) is 14.8 Å². The maximum atomic E-state index is 13.1. The fourth-order valence-corrected chi connectivity index (χ4v) is 5.37. The summed E-state index contributed by atoms with van der Waals surface area (Å²) in [5.74, 6) is -0.318. The van der Waals surface area contributed by atoms with E-state index in [1.165, 1.54) is 35.5 Å². The number of nitrogens with one attached hydrogen (secondary N) is 2. The number of hydrogen-bond donors (Lipinski definition) is 2. The molecule has 0 aromatic heterocycles. The third-order valence-electron chi connectivity index (χ3n) is 5.31. The first-order valence-electron chi connectivity index (χ1n) is 9.53. The van der Waals surface area contributed by atoms with Gasteiger partial charge in [0.25, 0.3) is 0 Å². The Hall–Kier alpha value is -1.77. The second kappa shape index (κ2) is 8.50. The summed E-state index contributed by atoms with van der Waals surface area (Å²) in [5.41, 5.74) is 0.466. The van der Waals surface area contributed by atoms with Crippen LogP contribution in [0.3, 0.4) is 0 Å². The van der Waals surface area contributed by atoms with Gasteiger partial charge >= 0.3 is 0 Å². The van der Waals surface area contributed by atoms with Crippen LogP contribution in [0.25, 0.3) is 0 Å². The van der Waals surface area contributed by atoms with Crippen molar-refractivity contribution in [3.8, 4) is 0 Å². The fraction of sp³-hybridized carbons (Fsp3) is 0.579. The predicted octanol–water partition coefficient (Wildman–Crippen LogP) is 1.30. The predicted molar refractivity (Wildman–Crippen MR) is 102 cm³/mol. The Balaban J connectivity index is 1.78. The first kappa shape index (κ1) is 20.0. The van der Waals surface area contributed by atoms with Gasteiger partial charge in [-0.05, 0) is 57.8 Å². The van der Waals surface area contributed by atoms with Crippen LogP contribution in [0.5, 0.6) is 0 Å². The highest BCUT2D eigenvalue weighted by atomic mass is 32.2. The first-order chi connectivity index (χ1) is 12.9. The molecule has 1 unspecified atom stereocenters. The van der Waals surface area contributed by atoms with E-state index in [1.54, 1.807) is 0 Å². The van der Waals surface area contributed by atoms with Crippen molar-refractivity contribution in [1.29, 1.82) is 0 Å². The molecule has 0 bridgehead atoms. The van der Waals surface area contributed by atoms with Crippen molar-refractivity contribution in [2.45, 2.75) is 56.0 Å². The van der Waals surface area contributed by atoms with Crippen molar-refractivity contribution in [2.24, 2.45) is 0 Å². The lowest BCUT2D eigenvalue weighted by Gasteiger charge is -2.35. The van der Waals surface area contributed by atoms with Crippen LogP contribution in [0.1, 0.15) is 49.4 Å². The van der Waals surface area contributed by atoms with E-state index in [2.05, 4.69) is 10.6 Å². The number of sulfonamides is 1. The van der Waals surface area contributed by atoms with Crippen molar-refractivity contribution in [3.05, 3.63) is 29.8 Å². The molecule has 2 aliphatic rings. The van der Waals surface area contributed by atoms with E-state index in [0.29, 0.717) is 18.5 Å². The number of carbonyl (C=O) groups is 2. The molecule has 2 aliphatic heterocycles. The highest BCUT2D eigenvalue weighted by Crippen LogP contribution is 2.26. The number of Topliss-reactive ketones (excluding diaryl/α,β-unsaturated/α-hetero) is 1. The van der Waals surface area contributed by atoms with Gasteiger partial charge in [-0.3, -0.25) is 9.59 Å². The molecular formula is C19H27N3O4S. The third kappa shape index (κ3) is 4.56. The summed E-state index contributed by atoms with van der Waals surface area (Å²) >= 11 is 0. The molecule has 2 saturated heterocycles. The fourth-order valence-electron chi connectivity index (χ4n) is 3.72. The van der Waals surface area contributed by atoms with Gasteiger partial charge in [0.1, 0.15) is 6.04 Å². The van der Waals surface area contributed by atoms with Crippen LogP contribution in [0.15, 0.2) is 29.2 Å². The van der Waals surface area contributed by atoms with Crippen molar-refractivity contribution in [3.63, 3.8) is 0 Å². The summed E-state index contributed by atoms with van der Waals surface area (Å²) in [6.45, 7) is 3.50. The van der Waals surface area contributed by atoms with Gasteiger partial charge in [-0.25, -0.2) is 8.42 Å². The Morgan fingerprint density at radius 2 is 1.74 bits per heavy atom. The smallest absolute Gasteiger partial charge is 0.243 e. The largest absolute Gasteiger partial charge is 0.352 e. The number of piperidine rings is 2. The van der Waals surface area contributed by atoms with E-state index in [0.717, 1.165) is 38.8 Å². The number of ketones is 1. The SMILES string of the molecule is CC(=O)c1ccc(S(=O)(=O)N2CCCCC2C(=O)NC2CCNCC2)cc1. The molecule has 2 heterocycles. The minimum atomic E-state index is -3.79. The van der Waals surface area contributed by atoms with E-state index in [9.17, 15) is 18.0 Å². The number of benzene rings is 1. The van der Waals surface area contributed by atoms with E-state index in [4.69, 9.17) is 0 Å². The van der Waals surface area contributed by atoms with Gasteiger partial charge in [0.2, 0.25) is 15.9 Å². The average Bonchev–Trinajstić information content (AvgIpc) is 2.69. The van der Waals surface area contributed by atoms with Crippen LogP contribution in [-0.4, -0.2) is 56.1 Å². The zero-order valence-electron chi connectivity index (χ0n) is 15.6. The van der Waals surface area contributed by atoms with Crippen LogP contribution in [0.2, 0.25) is 0 Å². The van der Waals surface area contributed by atoms with Gasteiger partial charge in [-0.1, -0.05) is 18.6 Å². The van der Waals surface area contributed by atoms with Crippen LogP contribution >= 0.6 is 0 Å². The molecule has 2 fully saturated rings. The number of nitrogens with zero attached hydrogens (tertiary/aromatic N) is 1. The number of carbonyl (C=O) groups excluding carboxylic acids is 2. The summed E-state index contributed by atoms with van der Waals surface area (Å²) in [7, 11) is -3.79. The normalized spacial score (nSPS) is 22.3. The minimum absolute atomic E-state index is 0.0973. The van der Waals surface area contributed by atoms with E-state index in [-0.39, 0.29) is 22.6 Å². The molecule has 1 amide bonds. The van der Waals surface area contributed by atoms with Crippen molar-refractivity contribution in [2.75, 3.05) is 19.6 Å². The van der Waals surface area contributed by atoms with Crippen molar-refractivity contribution >= 4 is 21.7 Å². The molecular weight excluding hydrogens is 366 g/mol. The standard InChI is InChI=1S/C19H27N3O4S/c1-14(23)15-5-7-17(8-6-15)27(25,26)22-13-3-2-4-18(22)19(24)21-16-9-11-20-12-10-16/h5-8,16,18,20H,2-4,9-13H2,1H3,(H,21,24). The summed E-state index contributed by atoms with van der Waals surface area (Å²) in [6.07, 6.45) is 3.82. The zero-order valence-corrected chi connectivity index (χ0v) is 16.4. The topological polar surface area (TPSA) is 95.6 Å². The van der Waals surface area contributed by atoms with Crippen molar-refractivity contribution < 1.29 is 18.0 Å². The summed E-state index contributed by atoms with van der Waals surface area (Å²) in [4.78, 5) is 24.4. The molecule has 0 aliphatic carbocycles. The van der Waals surface area contributed by atoms with E-state index >= 15 is 0 Å². The quantitative estimate of drug-likeness (QED) is 0.735. The number of hydrogen-bond acceptors (Lipinski definition) is 5. The molecule has 0 radical (unpaired) electrons. The molecule has 2 N–H and O–H groups in total. The van der Waals surface area contributed by atoms with Gasteiger partial charge in [0.05, 0.1) is 4.90 Å². The molecule has 0 saturated carbocycles. The number of amides is 1. The molecule has 8 heteroatoms. The van der Waals surface area contributed by atoms with E-state index in [1.807, 2.05) is 0 Å². The molecule has 148 valence electrons. The lowest BCUT2D eigenvalue weighted by atomic mass is 10.0. The molecule has 1 aromatic rings. The highest BCUT2D eigenvalue weighted by molar-refractivity contribution is 7.89. The summed E-state index contributed by atoms with van der Waals surface area (Å²) in [5, 5.41) is 6.29. The highest BCUT2D eigenvalue weighted by Gasteiger charge is 2.38. The van der Waals surface area contributed by atoms with E-state index < -0.39 is 16.1 Å². The third-order valence-corrected chi connectivity index (χ3v) is 7.23. The Bertz CT molecular complexity index is 786. The maximum Gasteiger partial charge on any atom is 0.243 e. The lowest BCUT2D eigenvalue weighted by Crippen LogP contribution is -2.54. The molecule has 7 nitrogen and oxygen atoms in total. The van der Waals surface area contributed by atoms with Gasteiger partial charge < -0.3 is 10.6 Å².